The minimum Gasteiger partial charge on any atom is -0.378 e. The quantitative estimate of drug-likeness (QED) is 0.0913. The second-order valence-electron chi connectivity index (χ2n) is 21.2. The van der Waals surface area contributed by atoms with Crippen LogP contribution in [-0.2, 0) is 34.8 Å². The average Bonchev–Trinajstić information content (AvgIpc) is 3.90. The van der Waals surface area contributed by atoms with Crippen molar-refractivity contribution in [1.29, 1.82) is 0 Å². The van der Waals surface area contributed by atoms with Gasteiger partial charge in [0.2, 0.25) is 23.6 Å². The number of alkyl halides is 3. The molecule has 0 spiro atoms. The molecule has 2 saturated heterocycles. The predicted octanol–water partition coefficient (Wildman–Crippen LogP) is 5.73. The highest BCUT2D eigenvalue weighted by Gasteiger charge is 2.45. The smallest absolute Gasteiger partial charge is 0.378 e. The molecule has 3 saturated carbocycles. The molecular weight excluding hydrogens is 946 g/mol. The van der Waals surface area contributed by atoms with Gasteiger partial charge in [0.05, 0.1) is 47.9 Å². The summed E-state index contributed by atoms with van der Waals surface area (Å²) in [5, 5.41) is 24.8. The highest BCUT2D eigenvalue weighted by molar-refractivity contribution is 5.91. The third-order valence-corrected chi connectivity index (χ3v) is 16.3. The number of nitrogens with one attached hydrogen (secondary N) is 4. The Morgan fingerprint density at radius 1 is 0.904 bits per heavy atom. The normalized spacial score (nSPS) is 29.2. The number of anilines is 1. The number of rotatable bonds is 19. The van der Waals surface area contributed by atoms with Crippen LogP contribution < -0.4 is 21.3 Å². The number of nitrogens with zero attached hydrogens (tertiary/aromatic N) is 6. The Hall–Kier alpha value is -5.02. The van der Waals surface area contributed by atoms with Crippen molar-refractivity contribution in [1.82, 2.24) is 45.6 Å². The lowest BCUT2D eigenvalue weighted by Crippen LogP contribution is -2.60. The van der Waals surface area contributed by atoms with Crippen molar-refractivity contribution in [2.75, 3.05) is 45.7 Å². The highest BCUT2D eigenvalue weighted by atomic mass is 19.4. The first-order valence-corrected chi connectivity index (χ1v) is 26.5. The number of likely N-dealkylation sites (tertiary alicyclic amines) is 2. The summed E-state index contributed by atoms with van der Waals surface area (Å²) in [5.41, 5.74) is 0.408. The first kappa shape index (κ1) is 54.2. The molecule has 4 heterocycles. The lowest BCUT2D eigenvalue weighted by Gasteiger charge is -2.46. The van der Waals surface area contributed by atoms with Gasteiger partial charge in [-0.15, -0.1) is 0 Å². The molecule has 3 aliphatic carbocycles. The van der Waals surface area contributed by atoms with Crippen molar-refractivity contribution >= 4 is 40.3 Å². The van der Waals surface area contributed by atoms with Gasteiger partial charge in [0.1, 0.15) is 18.4 Å². The van der Waals surface area contributed by atoms with Crippen LogP contribution >= 0.6 is 0 Å². The van der Waals surface area contributed by atoms with E-state index in [0.717, 1.165) is 62.6 Å². The molecule has 17 nitrogen and oxygen atoms in total. The van der Waals surface area contributed by atoms with Crippen LogP contribution in [0.25, 0.3) is 10.9 Å². The number of ether oxygens (including phenoxy) is 2. The van der Waals surface area contributed by atoms with Crippen molar-refractivity contribution in [3.05, 3.63) is 60.2 Å². The number of halogens is 3. The summed E-state index contributed by atoms with van der Waals surface area (Å²) in [6.45, 7) is 6.09. The van der Waals surface area contributed by atoms with Gasteiger partial charge in [0, 0.05) is 93.5 Å². The van der Waals surface area contributed by atoms with Crippen LogP contribution in [0.3, 0.4) is 0 Å². The largest absolute Gasteiger partial charge is 0.416 e. The van der Waals surface area contributed by atoms with Crippen molar-refractivity contribution in [3.8, 4) is 0 Å². The van der Waals surface area contributed by atoms with Gasteiger partial charge < -0.3 is 45.6 Å². The number of fused-ring (bicyclic) bond motifs is 1. The van der Waals surface area contributed by atoms with E-state index in [0.29, 0.717) is 82.8 Å². The summed E-state index contributed by atoms with van der Waals surface area (Å²) >= 11 is 0. The third-order valence-electron chi connectivity index (χ3n) is 16.3. The number of carbonyl (C=O) groups is 4. The van der Waals surface area contributed by atoms with E-state index in [-0.39, 0.29) is 89.6 Å². The second kappa shape index (κ2) is 24.6. The molecule has 4 amide bonds. The van der Waals surface area contributed by atoms with Gasteiger partial charge >= 0.3 is 6.18 Å². The van der Waals surface area contributed by atoms with Crippen LogP contribution in [0.1, 0.15) is 127 Å². The number of hydrogen-bond acceptors (Lipinski definition) is 13. The molecule has 8 rings (SSSR count). The van der Waals surface area contributed by atoms with Crippen LogP contribution in [0.2, 0.25) is 0 Å². The van der Waals surface area contributed by atoms with Gasteiger partial charge in [-0.1, -0.05) is 6.07 Å². The third kappa shape index (κ3) is 13.6. The number of benzene rings is 1. The number of aliphatic hydroxyl groups is 1. The molecule has 3 aromatic rings. The number of aromatic nitrogens is 3. The maximum Gasteiger partial charge on any atom is 0.416 e. The Balaban J connectivity index is 0.724. The minimum atomic E-state index is -4.53. The van der Waals surface area contributed by atoms with E-state index >= 15 is 0 Å². The molecule has 5 N–H and O–H groups in total. The zero-order valence-corrected chi connectivity index (χ0v) is 42.7. The molecule has 5 fully saturated rings. The van der Waals surface area contributed by atoms with Gasteiger partial charge in [-0.3, -0.25) is 29.1 Å². The van der Waals surface area contributed by atoms with E-state index in [9.17, 15) is 37.5 Å². The summed E-state index contributed by atoms with van der Waals surface area (Å²) in [5.74, 6) is -0.685. The predicted molar refractivity (Wildman–Crippen MR) is 267 cm³/mol. The van der Waals surface area contributed by atoms with Gasteiger partial charge in [0.15, 0.2) is 0 Å². The lowest BCUT2D eigenvalue weighted by atomic mass is 9.82. The standard InChI is InChI=1S/C53H75F3N10O7/c1-32(2)64(3)37-14-20-45(66-24-21-43(52(66)71)62-49-40-27-35(53(54,55)56)11-19-42(40)59-31-60-49)44(28-37)63-50(69)33-9-12-36(13-10-33)61-46(67)8-6-25-72-38-15-17-39(18-16-38)73-26-23-58-51(70)41-29-47(68)65(4)48(41)34-7-5-22-57-30-34/h5,7,11,19,22,27,30-33,36-39,41,43-45,48,52,71H,6,8-10,12-18,20-21,23-26,28-29H2,1-4H3,(H,58,70)(H,61,67)(H,63,69)(H,59,60,62)/t33?,36?,37-,38?,39?,41+,43+,44-,45+,48-,52?/m1/s1. The Morgan fingerprint density at radius 2 is 1.64 bits per heavy atom. The molecule has 2 aliphatic heterocycles. The molecule has 2 aromatic heterocycles. The van der Waals surface area contributed by atoms with Gasteiger partial charge in [0.25, 0.3) is 0 Å². The SMILES string of the molecule is CC(C)N(C)[C@@H]1CC[C@H](N2CC[C@H](Nc3ncnc4ccc(C(F)(F)F)cc34)C2O)[C@H](NC(=O)C2CCC(NC(=O)CCCOC3CCC(OCCNC(=O)[C@H]4CC(=O)N(C)[C@@H]4c4cccnc4)CC3)CC2)C1. The summed E-state index contributed by atoms with van der Waals surface area (Å²) in [4.78, 5) is 71.2. The molecule has 0 bridgehead atoms. The van der Waals surface area contributed by atoms with Crippen LogP contribution in [0.4, 0.5) is 19.0 Å². The van der Waals surface area contributed by atoms with E-state index < -0.39 is 29.9 Å². The Bertz CT molecular complexity index is 2330. The fourth-order valence-electron chi connectivity index (χ4n) is 11.9. The summed E-state index contributed by atoms with van der Waals surface area (Å²) in [7, 11) is 3.83. The molecule has 400 valence electrons. The number of carbonyl (C=O) groups excluding carboxylic acids is 4. The molecule has 0 radical (unpaired) electrons. The Labute approximate surface area is 426 Å². The minimum absolute atomic E-state index is 0.00109. The van der Waals surface area contributed by atoms with E-state index in [4.69, 9.17) is 9.47 Å². The van der Waals surface area contributed by atoms with Gasteiger partial charge in [-0.2, -0.15) is 13.2 Å². The van der Waals surface area contributed by atoms with E-state index in [1.54, 1.807) is 24.3 Å². The van der Waals surface area contributed by atoms with Crippen LogP contribution in [0.5, 0.6) is 0 Å². The molecule has 1 unspecified atom stereocenters. The summed E-state index contributed by atoms with van der Waals surface area (Å²) in [6, 6.07) is 6.40. The first-order chi connectivity index (χ1) is 35.0. The topological polar surface area (TPSA) is 203 Å². The molecule has 20 heteroatoms. The highest BCUT2D eigenvalue weighted by Crippen LogP contribution is 2.38. The van der Waals surface area contributed by atoms with E-state index in [1.165, 1.54) is 12.4 Å². The fourth-order valence-corrected chi connectivity index (χ4v) is 11.9. The maximum absolute atomic E-state index is 14.0. The van der Waals surface area contributed by atoms with Gasteiger partial charge in [-0.25, -0.2) is 9.97 Å². The zero-order chi connectivity index (χ0) is 51.8. The molecular formula is C53H75F3N10O7. The first-order valence-electron chi connectivity index (χ1n) is 26.5. The number of pyridine rings is 1. The number of aliphatic hydroxyl groups excluding tert-OH is 1. The Morgan fingerprint density at radius 3 is 2.34 bits per heavy atom. The monoisotopic (exact) mass is 1020 g/mol. The van der Waals surface area contributed by atoms with Crippen molar-refractivity contribution < 1.29 is 46.9 Å². The van der Waals surface area contributed by atoms with Crippen LogP contribution in [0, 0.1) is 11.8 Å². The molecule has 1 aromatic carbocycles. The zero-order valence-electron chi connectivity index (χ0n) is 42.7. The van der Waals surface area contributed by atoms with Crippen LogP contribution in [0.15, 0.2) is 49.1 Å². The molecule has 7 atom stereocenters. The van der Waals surface area contributed by atoms with Crippen molar-refractivity contribution in [2.24, 2.45) is 11.8 Å². The second-order valence-corrected chi connectivity index (χ2v) is 21.2. The van der Waals surface area contributed by atoms with Crippen molar-refractivity contribution in [2.45, 2.75) is 177 Å². The lowest BCUT2D eigenvalue weighted by molar-refractivity contribution is -0.137. The van der Waals surface area contributed by atoms with E-state index in [2.05, 4.69) is 62.0 Å². The summed E-state index contributed by atoms with van der Waals surface area (Å²) < 4.78 is 53.1. The summed E-state index contributed by atoms with van der Waals surface area (Å²) in [6.07, 6.45) is 9.58. The van der Waals surface area contributed by atoms with Gasteiger partial charge in [-0.05, 0) is 134 Å². The number of hydrogen-bond donors (Lipinski definition) is 5. The van der Waals surface area contributed by atoms with E-state index in [1.807, 2.05) is 17.0 Å². The molecule has 5 aliphatic rings. The Kier molecular flexibility index (Phi) is 18.2. The number of amides is 4. The maximum atomic E-state index is 14.0. The van der Waals surface area contributed by atoms with Crippen molar-refractivity contribution in [3.63, 3.8) is 0 Å². The molecule has 73 heavy (non-hydrogen) atoms. The average molecular weight is 1020 g/mol. The van der Waals surface area contributed by atoms with Crippen LogP contribution in [-0.4, -0.2) is 153 Å². The fraction of sp³-hybridized carbons (Fsp3) is 0.679.